The Morgan fingerprint density at radius 1 is 1.53 bits per heavy atom. The molecule has 0 N–H and O–H groups in total. The van der Waals surface area contributed by atoms with Crippen LogP contribution in [0.5, 0.6) is 0 Å². The Morgan fingerprint density at radius 2 is 2.27 bits per heavy atom. The molecule has 15 heavy (non-hydrogen) atoms. The van der Waals surface area contributed by atoms with E-state index in [0.29, 0.717) is 11.6 Å². The lowest BCUT2D eigenvalue weighted by molar-refractivity contribution is 0.288. The molecule has 0 aliphatic carbocycles. The summed E-state index contributed by atoms with van der Waals surface area (Å²) in [5, 5.41) is 8.88. The van der Waals surface area contributed by atoms with Crippen LogP contribution in [-0.4, -0.2) is 23.5 Å². The number of nitriles is 1. The van der Waals surface area contributed by atoms with Crippen molar-refractivity contribution in [2.24, 2.45) is 5.92 Å². The zero-order valence-corrected chi connectivity index (χ0v) is 9.57. The quantitative estimate of drug-likeness (QED) is 0.751. The Kier molecular flexibility index (Phi) is 4.26. The molecule has 0 saturated carbocycles. The third kappa shape index (κ3) is 3.69. The van der Waals surface area contributed by atoms with Crippen LogP contribution in [0, 0.1) is 17.2 Å². The molecular weight excluding hydrogens is 186 g/mol. The first-order chi connectivity index (χ1) is 7.13. The number of hydrogen-bond donors (Lipinski definition) is 0. The Morgan fingerprint density at radius 3 is 2.87 bits per heavy atom. The molecule has 1 aromatic heterocycles. The van der Waals surface area contributed by atoms with E-state index in [0.717, 1.165) is 18.7 Å². The van der Waals surface area contributed by atoms with Gasteiger partial charge in [-0.3, -0.25) is 0 Å². The lowest BCUT2D eigenvalue weighted by Crippen LogP contribution is -2.23. The van der Waals surface area contributed by atoms with E-state index in [-0.39, 0.29) is 0 Å². The fourth-order valence-electron chi connectivity index (χ4n) is 1.65. The monoisotopic (exact) mass is 203 g/mol. The third-order valence-corrected chi connectivity index (χ3v) is 2.11. The number of nitrogens with zero attached hydrogens (tertiary/aromatic N) is 3. The van der Waals surface area contributed by atoms with Gasteiger partial charge in [-0.1, -0.05) is 19.9 Å². The molecule has 0 unspecified atom stereocenters. The SMILES string of the molecule is CC(C)CN(C)Cc1cccnc1C#N. The minimum Gasteiger partial charge on any atom is -0.302 e. The molecule has 0 radical (unpaired) electrons. The summed E-state index contributed by atoms with van der Waals surface area (Å²) in [6.07, 6.45) is 1.66. The molecule has 0 atom stereocenters. The Labute approximate surface area is 91.4 Å². The van der Waals surface area contributed by atoms with Crippen LogP contribution in [0.15, 0.2) is 18.3 Å². The maximum absolute atomic E-state index is 8.88. The Hall–Kier alpha value is -1.40. The van der Waals surface area contributed by atoms with Crippen LogP contribution in [0.3, 0.4) is 0 Å². The molecule has 0 fully saturated rings. The summed E-state index contributed by atoms with van der Waals surface area (Å²) in [4.78, 5) is 6.25. The van der Waals surface area contributed by atoms with Crippen molar-refractivity contribution < 1.29 is 0 Å². The lowest BCUT2D eigenvalue weighted by Gasteiger charge is -2.19. The van der Waals surface area contributed by atoms with Gasteiger partial charge in [0.1, 0.15) is 11.8 Å². The molecule has 80 valence electrons. The van der Waals surface area contributed by atoms with Crippen molar-refractivity contribution in [3.63, 3.8) is 0 Å². The van der Waals surface area contributed by atoms with Gasteiger partial charge in [-0.15, -0.1) is 0 Å². The molecule has 3 heteroatoms. The summed E-state index contributed by atoms with van der Waals surface area (Å²) < 4.78 is 0. The second-order valence-electron chi connectivity index (χ2n) is 4.21. The molecule has 0 aliphatic heterocycles. The first-order valence-electron chi connectivity index (χ1n) is 5.16. The molecule has 0 aromatic carbocycles. The Bertz CT molecular complexity index is 352. The fraction of sp³-hybridized carbons (Fsp3) is 0.500. The van der Waals surface area contributed by atoms with Crippen LogP contribution >= 0.6 is 0 Å². The van der Waals surface area contributed by atoms with Crippen molar-refractivity contribution in [2.75, 3.05) is 13.6 Å². The van der Waals surface area contributed by atoms with Crippen molar-refractivity contribution in [2.45, 2.75) is 20.4 Å². The maximum Gasteiger partial charge on any atom is 0.144 e. The van der Waals surface area contributed by atoms with Crippen LogP contribution in [0.1, 0.15) is 25.1 Å². The fourth-order valence-corrected chi connectivity index (χ4v) is 1.65. The highest BCUT2D eigenvalue weighted by atomic mass is 15.1. The molecule has 1 aromatic rings. The highest BCUT2D eigenvalue weighted by molar-refractivity contribution is 5.30. The Balaban J connectivity index is 2.68. The van der Waals surface area contributed by atoms with Crippen molar-refractivity contribution in [3.05, 3.63) is 29.6 Å². The van der Waals surface area contributed by atoms with Gasteiger partial charge in [-0.25, -0.2) is 4.98 Å². The highest BCUT2D eigenvalue weighted by Gasteiger charge is 2.06. The zero-order chi connectivity index (χ0) is 11.3. The van der Waals surface area contributed by atoms with E-state index in [1.54, 1.807) is 6.20 Å². The van der Waals surface area contributed by atoms with Gasteiger partial charge >= 0.3 is 0 Å². The van der Waals surface area contributed by atoms with Crippen LogP contribution in [0.2, 0.25) is 0 Å². The molecule has 0 amide bonds. The van der Waals surface area contributed by atoms with E-state index in [1.807, 2.05) is 12.1 Å². The van der Waals surface area contributed by atoms with E-state index < -0.39 is 0 Å². The number of rotatable bonds is 4. The number of aromatic nitrogens is 1. The van der Waals surface area contributed by atoms with Gasteiger partial charge in [0.2, 0.25) is 0 Å². The molecule has 3 nitrogen and oxygen atoms in total. The first-order valence-corrected chi connectivity index (χ1v) is 5.16. The minimum absolute atomic E-state index is 0.535. The van der Waals surface area contributed by atoms with Crippen molar-refractivity contribution in [1.82, 2.24) is 9.88 Å². The molecule has 1 rings (SSSR count). The van der Waals surface area contributed by atoms with Gasteiger partial charge in [0.15, 0.2) is 0 Å². The third-order valence-electron chi connectivity index (χ3n) is 2.11. The molecular formula is C12H17N3. The highest BCUT2D eigenvalue weighted by Crippen LogP contribution is 2.08. The van der Waals surface area contributed by atoms with Gasteiger partial charge in [0.05, 0.1) is 0 Å². The zero-order valence-electron chi connectivity index (χ0n) is 9.57. The van der Waals surface area contributed by atoms with Crippen molar-refractivity contribution in [3.8, 4) is 6.07 Å². The van der Waals surface area contributed by atoms with E-state index in [9.17, 15) is 0 Å². The van der Waals surface area contributed by atoms with E-state index >= 15 is 0 Å². The summed E-state index contributed by atoms with van der Waals surface area (Å²) in [5.41, 5.74) is 1.54. The van der Waals surface area contributed by atoms with E-state index in [1.165, 1.54) is 0 Å². The van der Waals surface area contributed by atoms with Crippen LogP contribution in [0.4, 0.5) is 0 Å². The van der Waals surface area contributed by atoms with Gasteiger partial charge < -0.3 is 4.90 Å². The van der Waals surface area contributed by atoms with Gasteiger partial charge in [-0.2, -0.15) is 5.26 Å². The summed E-state index contributed by atoms with van der Waals surface area (Å²) in [6.45, 7) is 6.19. The average molecular weight is 203 g/mol. The normalized spacial score (nSPS) is 10.7. The summed E-state index contributed by atoms with van der Waals surface area (Å²) in [6, 6.07) is 5.95. The summed E-state index contributed by atoms with van der Waals surface area (Å²) >= 11 is 0. The smallest absolute Gasteiger partial charge is 0.144 e. The van der Waals surface area contributed by atoms with E-state index in [2.05, 4.69) is 36.8 Å². The second-order valence-corrected chi connectivity index (χ2v) is 4.21. The first kappa shape index (κ1) is 11.7. The van der Waals surface area contributed by atoms with Gasteiger partial charge in [0.25, 0.3) is 0 Å². The van der Waals surface area contributed by atoms with Gasteiger partial charge in [0, 0.05) is 24.8 Å². The van der Waals surface area contributed by atoms with Crippen molar-refractivity contribution >= 4 is 0 Å². The molecule has 0 bridgehead atoms. The molecule has 1 heterocycles. The number of hydrogen-bond acceptors (Lipinski definition) is 3. The minimum atomic E-state index is 0.535. The maximum atomic E-state index is 8.88. The standard InChI is InChI=1S/C12H17N3/c1-10(2)8-15(3)9-11-5-4-6-14-12(11)7-13/h4-6,10H,8-9H2,1-3H3. The van der Waals surface area contributed by atoms with E-state index in [4.69, 9.17) is 5.26 Å². The lowest BCUT2D eigenvalue weighted by atomic mass is 10.1. The van der Waals surface area contributed by atoms with Crippen molar-refractivity contribution in [1.29, 1.82) is 5.26 Å². The molecule has 0 aliphatic rings. The van der Waals surface area contributed by atoms with Crippen LogP contribution < -0.4 is 0 Å². The predicted molar refractivity (Wildman–Crippen MR) is 60.1 cm³/mol. The van der Waals surface area contributed by atoms with Crippen LogP contribution in [-0.2, 0) is 6.54 Å². The molecule has 0 saturated heterocycles. The summed E-state index contributed by atoms with van der Waals surface area (Å²) in [7, 11) is 2.06. The largest absolute Gasteiger partial charge is 0.302 e. The predicted octanol–water partition coefficient (Wildman–Crippen LogP) is 2.04. The second kappa shape index (κ2) is 5.47. The summed E-state index contributed by atoms with van der Waals surface area (Å²) in [5.74, 6) is 0.636. The topological polar surface area (TPSA) is 39.9 Å². The molecule has 0 spiro atoms. The number of pyridine rings is 1. The average Bonchev–Trinajstić information content (AvgIpc) is 2.17. The van der Waals surface area contributed by atoms with Crippen LogP contribution in [0.25, 0.3) is 0 Å². The van der Waals surface area contributed by atoms with Gasteiger partial charge in [-0.05, 0) is 19.0 Å².